The third kappa shape index (κ3) is 3.93. The number of hydrogen-bond acceptors (Lipinski definition) is 8. The SMILES string of the molecule is CC(C)c1ccc(N2C[C@H](CC#N)[C@H]2N)c2cnc(Nc3ccnc(-c4cnn(C)c4)n3)cc12. The Morgan fingerprint density at radius 2 is 2.03 bits per heavy atom. The largest absolute Gasteiger partial charge is 0.355 e. The van der Waals surface area contributed by atoms with Gasteiger partial charge in [0.1, 0.15) is 11.6 Å². The van der Waals surface area contributed by atoms with Crippen LogP contribution in [0.25, 0.3) is 22.2 Å². The van der Waals surface area contributed by atoms with Gasteiger partial charge >= 0.3 is 0 Å². The molecule has 34 heavy (non-hydrogen) atoms. The molecule has 2 atom stereocenters. The first kappa shape index (κ1) is 21.8. The number of nitrogens with zero attached hydrogens (tertiary/aromatic N) is 7. The molecule has 172 valence electrons. The zero-order chi connectivity index (χ0) is 23.8. The lowest BCUT2D eigenvalue weighted by molar-refractivity contribution is 0.305. The molecule has 9 heteroatoms. The Kier molecular flexibility index (Phi) is 5.59. The van der Waals surface area contributed by atoms with Crippen LogP contribution in [-0.4, -0.2) is 37.4 Å². The number of rotatable bonds is 6. The molecular weight excluding hydrogens is 426 g/mol. The van der Waals surface area contributed by atoms with E-state index in [2.05, 4.69) is 68.4 Å². The second kappa shape index (κ2) is 8.72. The van der Waals surface area contributed by atoms with Gasteiger partial charge in [-0.3, -0.25) is 4.68 Å². The van der Waals surface area contributed by atoms with Gasteiger partial charge in [0.15, 0.2) is 5.82 Å². The van der Waals surface area contributed by atoms with Gasteiger partial charge in [-0.05, 0) is 35.1 Å². The molecule has 4 heterocycles. The number of fused-ring (bicyclic) bond motifs is 1. The quantitative estimate of drug-likeness (QED) is 0.450. The predicted octanol–water partition coefficient (Wildman–Crippen LogP) is 3.93. The molecular formula is C25H27N9. The van der Waals surface area contributed by atoms with Crippen molar-refractivity contribution in [1.82, 2.24) is 24.7 Å². The highest BCUT2D eigenvalue weighted by Crippen LogP contribution is 2.38. The molecule has 1 fully saturated rings. The lowest BCUT2D eigenvalue weighted by Gasteiger charge is -2.47. The maximum atomic E-state index is 9.03. The number of nitrogens with two attached hydrogens (primary N) is 1. The molecule has 3 aromatic heterocycles. The smallest absolute Gasteiger partial charge is 0.164 e. The fourth-order valence-corrected chi connectivity index (χ4v) is 4.46. The molecule has 9 nitrogen and oxygen atoms in total. The maximum Gasteiger partial charge on any atom is 0.164 e. The zero-order valence-electron chi connectivity index (χ0n) is 19.5. The van der Waals surface area contributed by atoms with Crippen molar-refractivity contribution in [2.45, 2.75) is 32.4 Å². The molecule has 5 rings (SSSR count). The van der Waals surface area contributed by atoms with Crippen LogP contribution in [0.1, 0.15) is 31.7 Å². The first-order chi connectivity index (χ1) is 16.4. The molecule has 0 bridgehead atoms. The van der Waals surface area contributed by atoms with Crippen molar-refractivity contribution in [2.75, 3.05) is 16.8 Å². The Hall–Kier alpha value is -4.03. The van der Waals surface area contributed by atoms with Crippen molar-refractivity contribution in [1.29, 1.82) is 5.26 Å². The Morgan fingerprint density at radius 3 is 2.74 bits per heavy atom. The van der Waals surface area contributed by atoms with Crippen LogP contribution in [0.4, 0.5) is 17.3 Å². The van der Waals surface area contributed by atoms with Crippen LogP contribution in [0, 0.1) is 17.2 Å². The van der Waals surface area contributed by atoms with E-state index in [1.807, 2.05) is 25.5 Å². The van der Waals surface area contributed by atoms with Crippen LogP contribution in [-0.2, 0) is 7.05 Å². The lowest BCUT2D eigenvalue weighted by atomic mass is 9.89. The van der Waals surface area contributed by atoms with Gasteiger partial charge in [0.05, 0.1) is 24.0 Å². The molecule has 4 aromatic rings. The van der Waals surface area contributed by atoms with E-state index < -0.39 is 0 Å². The fraction of sp³-hybridized carbons (Fsp3) is 0.320. The van der Waals surface area contributed by atoms with Crippen molar-refractivity contribution < 1.29 is 0 Å². The number of nitrogens with one attached hydrogen (secondary N) is 1. The Bertz CT molecular complexity index is 1380. The minimum absolute atomic E-state index is 0.155. The summed E-state index contributed by atoms with van der Waals surface area (Å²) < 4.78 is 1.72. The van der Waals surface area contributed by atoms with Crippen molar-refractivity contribution in [3.05, 3.63) is 54.6 Å². The Balaban J connectivity index is 1.48. The summed E-state index contributed by atoms with van der Waals surface area (Å²) in [6.07, 6.45) is 7.56. The van der Waals surface area contributed by atoms with E-state index in [9.17, 15) is 0 Å². The zero-order valence-corrected chi connectivity index (χ0v) is 19.5. The normalized spacial score (nSPS) is 17.6. The third-order valence-electron chi connectivity index (χ3n) is 6.35. The first-order valence-electron chi connectivity index (χ1n) is 11.4. The fourth-order valence-electron chi connectivity index (χ4n) is 4.46. The van der Waals surface area contributed by atoms with E-state index in [-0.39, 0.29) is 12.1 Å². The van der Waals surface area contributed by atoms with Gasteiger partial charge in [0.2, 0.25) is 0 Å². The van der Waals surface area contributed by atoms with Crippen molar-refractivity contribution in [3.8, 4) is 17.5 Å². The summed E-state index contributed by atoms with van der Waals surface area (Å²) in [5, 5.41) is 18.7. The molecule has 3 N–H and O–H groups in total. The van der Waals surface area contributed by atoms with E-state index in [4.69, 9.17) is 11.0 Å². The van der Waals surface area contributed by atoms with E-state index >= 15 is 0 Å². The van der Waals surface area contributed by atoms with Crippen LogP contribution < -0.4 is 16.0 Å². The van der Waals surface area contributed by atoms with Gasteiger partial charge in [0.25, 0.3) is 0 Å². The highest BCUT2D eigenvalue weighted by Gasteiger charge is 2.36. The highest BCUT2D eigenvalue weighted by molar-refractivity contribution is 5.98. The van der Waals surface area contributed by atoms with Crippen LogP contribution in [0.15, 0.2) is 49.1 Å². The number of benzene rings is 1. The van der Waals surface area contributed by atoms with Gasteiger partial charge in [-0.25, -0.2) is 15.0 Å². The van der Waals surface area contributed by atoms with Crippen molar-refractivity contribution in [3.63, 3.8) is 0 Å². The average Bonchev–Trinajstić information content (AvgIpc) is 3.27. The van der Waals surface area contributed by atoms with Gasteiger partial charge in [-0.15, -0.1) is 0 Å². The summed E-state index contributed by atoms with van der Waals surface area (Å²) in [5.74, 6) is 2.51. The molecule has 1 saturated heterocycles. The summed E-state index contributed by atoms with van der Waals surface area (Å²) >= 11 is 0. The lowest BCUT2D eigenvalue weighted by Crippen LogP contribution is -2.61. The minimum Gasteiger partial charge on any atom is -0.355 e. The predicted molar refractivity (Wildman–Crippen MR) is 132 cm³/mol. The Labute approximate surface area is 198 Å². The number of aromatic nitrogens is 5. The number of pyridine rings is 1. The van der Waals surface area contributed by atoms with E-state index in [1.165, 1.54) is 5.56 Å². The first-order valence-corrected chi connectivity index (χ1v) is 11.4. The summed E-state index contributed by atoms with van der Waals surface area (Å²) in [6, 6.07) is 10.4. The second-order valence-electron chi connectivity index (χ2n) is 9.00. The standard InChI is InChI=1S/C25H27N9/c1-15(2)18-4-5-21(34-14-16(6-8-26)24(34)27)20-12-29-23(10-19(18)20)31-22-7-9-28-25(32-22)17-11-30-33(3)13-17/h4-5,7,9-13,15-16,24H,6,14,27H2,1-3H3,(H,28,29,31,32)/t16-,24-/m0/s1. The van der Waals surface area contributed by atoms with Crippen molar-refractivity contribution >= 4 is 28.1 Å². The summed E-state index contributed by atoms with van der Waals surface area (Å²) in [5.41, 5.74) is 9.54. The molecule has 1 aromatic carbocycles. The number of anilines is 3. The van der Waals surface area contributed by atoms with Crippen molar-refractivity contribution in [2.24, 2.45) is 18.7 Å². The molecule has 0 spiro atoms. The molecule has 1 aliphatic heterocycles. The van der Waals surface area contributed by atoms with E-state index in [0.717, 1.165) is 28.6 Å². The maximum absolute atomic E-state index is 9.03. The highest BCUT2D eigenvalue weighted by atomic mass is 15.3. The second-order valence-corrected chi connectivity index (χ2v) is 9.00. The summed E-state index contributed by atoms with van der Waals surface area (Å²) in [6.45, 7) is 5.15. The van der Waals surface area contributed by atoms with Crippen LogP contribution in [0.2, 0.25) is 0 Å². The number of nitriles is 1. The molecule has 0 unspecified atom stereocenters. The Morgan fingerprint density at radius 1 is 1.18 bits per heavy atom. The van der Waals surface area contributed by atoms with Gasteiger partial charge < -0.3 is 16.0 Å². The van der Waals surface area contributed by atoms with Gasteiger partial charge in [-0.1, -0.05) is 19.9 Å². The molecule has 1 aliphatic rings. The summed E-state index contributed by atoms with van der Waals surface area (Å²) in [7, 11) is 1.86. The topological polar surface area (TPSA) is 122 Å². The van der Waals surface area contributed by atoms with Crippen LogP contribution in [0.3, 0.4) is 0 Å². The number of hydrogen-bond donors (Lipinski definition) is 2. The minimum atomic E-state index is -0.155. The van der Waals surface area contributed by atoms with E-state index in [1.54, 1.807) is 17.1 Å². The monoisotopic (exact) mass is 453 g/mol. The van der Waals surface area contributed by atoms with E-state index in [0.29, 0.717) is 29.8 Å². The molecule has 0 amide bonds. The van der Waals surface area contributed by atoms with Crippen LogP contribution in [0.5, 0.6) is 0 Å². The molecule has 0 saturated carbocycles. The van der Waals surface area contributed by atoms with Crippen LogP contribution >= 0.6 is 0 Å². The van der Waals surface area contributed by atoms with Gasteiger partial charge in [-0.2, -0.15) is 10.4 Å². The number of aryl methyl sites for hydroxylation is 1. The molecule has 0 aliphatic carbocycles. The third-order valence-corrected chi connectivity index (χ3v) is 6.35. The molecule has 0 radical (unpaired) electrons. The average molecular weight is 454 g/mol. The van der Waals surface area contributed by atoms with Gasteiger partial charge in [0, 0.05) is 55.6 Å². The summed E-state index contributed by atoms with van der Waals surface area (Å²) in [4.78, 5) is 15.8.